The SMILES string of the molecule is C=C1C(Cl)=N[C](OC)N=C1OC.[Cl-].[Zn]. The molecular weight excluding hydrogens is 280 g/mol. The summed E-state index contributed by atoms with van der Waals surface area (Å²) in [4.78, 5) is 7.66. The van der Waals surface area contributed by atoms with Gasteiger partial charge in [-0.25, -0.2) is 4.99 Å². The maximum Gasteiger partial charge on any atom is 0.336 e. The molecule has 75 valence electrons. The van der Waals surface area contributed by atoms with Crippen LogP contribution in [0.25, 0.3) is 0 Å². The minimum atomic E-state index is 0. The normalized spacial score (nSPS) is 16.1. The van der Waals surface area contributed by atoms with Crippen LogP contribution in [-0.4, -0.2) is 25.3 Å². The van der Waals surface area contributed by atoms with Crippen LogP contribution in [0.5, 0.6) is 0 Å². The summed E-state index contributed by atoms with van der Waals surface area (Å²) >= 11 is 5.70. The van der Waals surface area contributed by atoms with Crippen LogP contribution in [0.4, 0.5) is 0 Å². The quantitative estimate of drug-likeness (QED) is 0.542. The molecule has 0 unspecified atom stereocenters. The summed E-state index contributed by atoms with van der Waals surface area (Å²) in [5, 5.41) is 0.235. The minimum absolute atomic E-state index is 0. The molecule has 0 aromatic rings. The smallest absolute Gasteiger partial charge is 0.336 e. The van der Waals surface area contributed by atoms with Crippen LogP contribution in [0, 0.1) is 6.35 Å². The van der Waals surface area contributed by atoms with Crippen LogP contribution < -0.4 is 12.4 Å². The maximum atomic E-state index is 5.70. The summed E-state index contributed by atoms with van der Waals surface area (Å²) in [5.74, 6) is 0.326. The van der Waals surface area contributed by atoms with Gasteiger partial charge in [0, 0.05) is 26.6 Å². The average molecular weight is 288 g/mol. The van der Waals surface area contributed by atoms with Gasteiger partial charge in [-0.3, -0.25) is 0 Å². The maximum absolute atomic E-state index is 5.70. The van der Waals surface area contributed by atoms with E-state index in [9.17, 15) is 0 Å². The third-order valence-corrected chi connectivity index (χ3v) is 1.59. The first-order valence-electron chi connectivity index (χ1n) is 3.16. The molecule has 4 nitrogen and oxygen atoms in total. The Labute approximate surface area is 107 Å². The van der Waals surface area contributed by atoms with E-state index in [-0.39, 0.29) is 43.4 Å². The number of hydrogen-bond acceptors (Lipinski definition) is 4. The van der Waals surface area contributed by atoms with Gasteiger partial charge in [0.05, 0.1) is 12.7 Å². The third kappa shape index (κ3) is 3.66. The Morgan fingerprint density at radius 2 is 1.79 bits per heavy atom. The Balaban J connectivity index is 0. The molecule has 0 aromatic heterocycles. The van der Waals surface area contributed by atoms with Crippen molar-refractivity contribution in [2.24, 2.45) is 9.98 Å². The molecule has 1 heterocycles. The Morgan fingerprint density at radius 3 is 2.21 bits per heavy atom. The van der Waals surface area contributed by atoms with E-state index in [1.54, 1.807) is 0 Å². The second-order valence-electron chi connectivity index (χ2n) is 1.99. The molecule has 14 heavy (non-hydrogen) atoms. The van der Waals surface area contributed by atoms with Gasteiger partial charge in [-0.05, 0) is 0 Å². The Kier molecular flexibility index (Phi) is 8.65. The molecule has 0 atom stereocenters. The Morgan fingerprint density at radius 1 is 1.21 bits per heavy atom. The van der Waals surface area contributed by atoms with E-state index in [2.05, 4.69) is 16.6 Å². The van der Waals surface area contributed by atoms with Gasteiger partial charge in [0.15, 0.2) is 0 Å². The first-order chi connectivity index (χ1) is 5.69. The average Bonchev–Trinajstić information content (AvgIpc) is 2.09. The van der Waals surface area contributed by atoms with Crippen LogP contribution in [0.15, 0.2) is 22.1 Å². The summed E-state index contributed by atoms with van der Waals surface area (Å²) in [5.41, 5.74) is 0.458. The van der Waals surface area contributed by atoms with Gasteiger partial charge < -0.3 is 21.9 Å². The van der Waals surface area contributed by atoms with Crippen molar-refractivity contribution in [2.75, 3.05) is 14.2 Å². The molecule has 7 heteroatoms. The number of ether oxygens (including phenoxy) is 2. The van der Waals surface area contributed by atoms with E-state index in [0.29, 0.717) is 11.5 Å². The zero-order valence-electron chi connectivity index (χ0n) is 7.88. The zero-order valence-corrected chi connectivity index (χ0v) is 12.4. The predicted molar refractivity (Wildman–Crippen MR) is 47.1 cm³/mol. The van der Waals surface area contributed by atoms with Crippen molar-refractivity contribution < 1.29 is 41.4 Å². The molecular formula is C7H8Cl2N2O2Zn-. The van der Waals surface area contributed by atoms with E-state index in [0.717, 1.165) is 0 Å². The van der Waals surface area contributed by atoms with Gasteiger partial charge in [-0.1, -0.05) is 18.2 Å². The number of methoxy groups -OCH3 is 2. The van der Waals surface area contributed by atoms with Gasteiger partial charge in [-0.15, -0.1) is 0 Å². The molecule has 1 aliphatic rings. The second kappa shape index (κ2) is 7.35. The summed E-state index contributed by atoms with van der Waals surface area (Å²) in [6.45, 7) is 3.63. The molecule has 1 aliphatic heterocycles. The molecule has 0 N–H and O–H groups in total. The van der Waals surface area contributed by atoms with Gasteiger partial charge in [0.25, 0.3) is 0 Å². The van der Waals surface area contributed by atoms with E-state index < -0.39 is 0 Å². The Hall–Kier alpha value is 0.0434. The zero-order chi connectivity index (χ0) is 9.14. The minimum Gasteiger partial charge on any atom is -1.00 e. The monoisotopic (exact) mass is 286 g/mol. The first-order valence-corrected chi connectivity index (χ1v) is 3.54. The van der Waals surface area contributed by atoms with Crippen molar-refractivity contribution in [3.63, 3.8) is 0 Å². The second-order valence-corrected chi connectivity index (χ2v) is 2.35. The molecule has 0 aromatic carbocycles. The van der Waals surface area contributed by atoms with Crippen molar-refractivity contribution in [2.45, 2.75) is 0 Å². The molecule has 0 saturated carbocycles. The molecule has 0 fully saturated rings. The fourth-order valence-corrected chi connectivity index (χ4v) is 0.832. The summed E-state index contributed by atoms with van der Waals surface area (Å²) in [6.07, 6.45) is 0.171. The van der Waals surface area contributed by atoms with Gasteiger partial charge in [0.2, 0.25) is 5.90 Å². The molecule has 0 amide bonds. The van der Waals surface area contributed by atoms with Crippen LogP contribution >= 0.6 is 11.6 Å². The molecule has 0 saturated heterocycles. The van der Waals surface area contributed by atoms with Crippen molar-refractivity contribution in [1.82, 2.24) is 0 Å². The molecule has 0 spiro atoms. The topological polar surface area (TPSA) is 43.2 Å². The predicted octanol–water partition coefficient (Wildman–Crippen LogP) is -1.67. The van der Waals surface area contributed by atoms with Crippen molar-refractivity contribution in [1.29, 1.82) is 0 Å². The largest absolute Gasteiger partial charge is 1.00 e. The molecule has 0 bridgehead atoms. The molecule has 1 rings (SSSR count). The third-order valence-electron chi connectivity index (χ3n) is 1.27. The molecule has 1 radical (unpaired) electrons. The van der Waals surface area contributed by atoms with E-state index >= 15 is 0 Å². The van der Waals surface area contributed by atoms with E-state index in [1.807, 2.05) is 0 Å². The van der Waals surface area contributed by atoms with Crippen LogP contribution in [0.1, 0.15) is 0 Å². The van der Waals surface area contributed by atoms with Crippen molar-refractivity contribution in [3.05, 3.63) is 18.5 Å². The number of aliphatic imine (C=N–C) groups is 2. The van der Waals surface area contributed by atoms with Gasteiger partial charge in [-0.2, -0.15) is 4.99 Å². The van der Waals surface area contributed by atoms with Crippen LogP contribution in [-0.2, 0) is 29.0 Å². The van der Waals surface area contributed by atoms with Crippen LogP contribution in [0.2, 0.25) is 0 Å². The van der Waals surface area contributed by atoms with E-state index in [4.69, 9.17) is 21.1 Å². The number of rotatable bonds is 1. The number of halogens is 2. The first kappa shape index (κ1) is 16.5. The summed E-state index contributed by atoms with van der Waals surface area (Å²) < 4.78 is 9.67. The van der Waals surface area contributed by atoms with Crippen LogP contribution in [0.3, 0.4) is 0 Å². The van der Waals surface area contributed by atoms with Gasteiger partial charge >= 0.3 is 6.35 Å². The fourth-order valence-electron chi connectivity index (χ4n) is 0.679. The standard InChI is InChI=1S/C7H8ClN2O2.ClH.Zn/c1-4-5(8)9-7(12-3)10-6(4)11-2;;/h1H2,2-3H3;1H;/p-1. The Bertz CT molecular complexity index is 268. The number of hydrogen-bond donors (Lipinski definition) is 0. The molecule has 0 aliphatic carbocycles. The summed E-state index contributed by atoms with van der Waals surface area (Å²) in [6, 6.07) is 0. The number of nitrogens with zero attached hydrogens (tertiary/aromatic N) is 2. The van der Waals surface area contributed by atoms with Crippen molar-refractivity contribution >= 4 is 22.7 Å². The fraction of sp³-hybridized carbons (Fsp3) is 0.286. The van der Waals surface area contributed by atoms with E-state index in [1.165, 1.54) is 14.2 Å². The van der Waals surface area contributed by atoms with Gasteiger partial charge in [0.1, 0.15) is 5.17 Å². The summed E-state index contributed by atoms with van der Waals surface area (Å²) in [7, 11) is 2.93. The van der Waals surface area contributed by atoms with Crippen molar-refractivity contribution in [3.8, 4) is 0 Å².